The molecular formula is C11H8BrN7O2. The number of nitro groups is 1. The number of anilines is 3. The molecule has 4 N–H and O–H groups in total. The number of nitrogens with two attached hydrogens (primary N) is 1. The number of halogens is 1. The van der Waals surface area contributed by atoms with Gasteiger partial charge in [0, 0.05) is 4.47 Å². The zero-order valence-corrected chi connectivity index (χ0v) is 12.0. The van der Waals surface area contributed by atoms with Crippen molar-refractivity contribution in [3.63, 3.8) is 0 Å². The molecular weight excluding hydrogens is 342 g/mol. The molecule has 0 aliphatic rings. The van der Waals surface area contributed by atoms with E-state index in [9.17, 15) is 10.1 Å². The van der Waals surface area contributed by atoms with Gasteiger partial charge in [-0.15, -0.1) is 0 Å². The first-order valence-electron chi connectivity index (χ1n) is 5.50. The van der Waals surface area contributed by atoms with Crippen molar-refractivity contribution in [1.29, 1.82) is 5.26 Å². The molecule has 0 radical (unpaired) electrons. The Hall–Kier alpha value is -2.77. The Labute approximate surface area is 127 Å². The van der Waals surface area contributed by atoms with Crippen molar-refractivity contribution in [2.24, 2.45) is 5.84 Å². The highest BCUT2D eigenvalue weighted by Gasteiger charge is 2.18. The highest BCUT2D eigenvalue weighted by Crippen LogP contribution is 2.28. The van der Waals surface area contributed by atoms with Crippen molar-refractivity contribution in [2.75, 3.05) is 10.7 Å². The molecule has 21 heavy (non-hydrogen) atoms. The molecule has 0 saturated heterocycles. The molecule has 2 rings (SSSR count). The van der Waals surface area contributed by atoms with Gasteiger partial charge in [-0.25, -0.2) is 10.8 Å². The average molecular weight is 350 g/mol. The molecule has 0 spiro atoms. The van der Waals surface area contributed by atoms with Crippen molar-refractivity contribution in [3.05, 3.63) is 44.5 Å². The molecule has 1 aromatic heterocycles. The van der Waals surface area contributed by atoms with Crippen LogP contribution < -0.4 is 16.6 Å². The van der Waals surface area contributed by atoms with Gasteiger partial charge in [-0.3, -0.25) is 15.5 Å². The molecule has 10 heteroatoms. The fourth-order valence-electron chi connectivity index (χ4n) is 1.52. The highest BCUT2D eigenvalue weighted by atomic mass is 79.9. The molecule has 0 aliphatic carbocycles. The summed E-state index contributed by atoms with van der Waals surface area (Å²) in [6.07, 6.45) is 1.02. The Morgan fingerprint density at radius 2 is 2.24 bits per heavy atom. The second kappa shape index (κ2) is 6.12. The smallest absolute Gasteiger partial charge is 0.329 e. The van der Waals surface area contributed by atoms with Crippen LogP contribution in [-0.2, 0) is 0 Å². The lowest BCUT2D eigenvalue weighted by Crippen LogP contribution is -2.12. The van der Waals surface area contributed by atoms with E-state index in [-0.39, 0.29) is 17.5 Å². The van der Waals surface area contributed by atoms with Crippen molar-refractivity contribution in [1.82, 2.24) is 9.97 Å². The lowest BCUT2D eigenvalue weighted by molar-refractivity contribution is -0.384. The van der Waals surface area contributed by atoms with Gasteiger partial charge in [0.25, 0.3) is 0 Å². The van der Waals surface area contributed by atoms with Crippen LogP contribution in [0.3, 0.4) is 0 Å². The lowest BCUT2D eigenvalue weighted by Gasteiger charge is -2.09. The van der Waals surface area contributed by atoms with E-state index >= 15 is 0 Å². The maximum absolute atomic E-state index is 11.0. The Kier molecular flexibility index (Phi) is 4.27. The minimum Gasteiger partial charge on any atom is -0.333 e. The van der Waals surface area contributed by atoms with E-state index in [0.29, 0.717) is 15.7 Å². The normalized spacial score (nSPS) is 9.76. The zero-order valence-electron chi connectivity index (χ0n) is 10.4. The fraction of sp³-hybridized carbons (Fsp3) is 0. The first kappa shape index (κ1) is 14.6. The third-order valence-electron chi connectivity index (χ3n) is 2.45. The summed E-state index contributed by atoms with van der Waals surface area (Å²) in [6.45, 7) is 0. The summed E-state index contributed by atoms with van der Waals surface area (Å²) >= 11 is 3.24. The number of benzene rings is 1. The molecule has 2 aromatic rings. The third kappa shape index (κ3) is 3.22. The Morgan fingerprint density at radius 3 is 2.86 bits per heavy atom. The Bertz CT molecular complexity index is 744. The standard InChI is InChI=1S/C11H8BrN7O2/c12-7-1-2-8(6(3-7)4-13)16-10-9(19(20)21)5-15-11(17-10)18-14/h1-3,5H,14H2,(H2,15,16,17,18). The van der Waals surface area contributed by atoms with Crippen LogP contribution in [-0.4, -0.2) is 14.9 Å². The number of nitrogens with zero attached hydrogens (tertiary/aromatic N) is 4. The second-order valence-corrected chi connectivity index (χ2v) is 4.67. The molecule has 1 heterocycles. The molecule has 1 aromatic carbocycles. The van der Waals surface area contributed by atoms with Gasteiger partial charge in [0.1, 0.15) is 12.3 Å². The van der Waals surface area contributed by atoms with Gasteiger partial charge < -0.3 is 5.32 Å². The molecule has 106 valence electrons. The first-order chi connectivity index (χ1) is 10.0. The van der Waals surface area contributed by atoms with E-state index in [0.717, 1.165) is 6.20 Å². The quantitative estimate of drug-likeness (QED) is 0.432. The Balaban J connectivity index is 2.48. The summed E-state index contributed by atoms with van der Waals surface area (Å²) in [5, 5.41) is 22.8. The molecule has 9 nitrogen and oxygen atoms in total. The molecule has 0 unspecified atom stereocenters. The molecule has 0 atom stereocenters. The number of nitriles is 1. The summed E-state index contributed by atoms with van der Waals surface area (Å²) in [4.78, 5) is 17.9. The second-order valence-electron chi connectivity index (χ2n) is 3.76. The van der Waals surface area contributed by atoms with Crippen LogP contribution in [0.2, 0.25) is 0 Å². The molecule has 0 saturated carbocycles. The van der Waals surface area contributed by atoms with Crippen LogP contribution in [0.5, 0.6) is 0 Å². The van der Waals surface area contributed by atoms with Crippen LogP contribution in [0.4, 0.5) is 23.1 Å². The van der Waals surface area contributed by atoms with Gasteiger partial charge in [0.05, 0.1) is 16.2 Å². The number of hydrogen-bond donors (Lipinski definition) is 3. The van der Waals surface area contributed by atoms with Gasteiger partial charge in [-0.2, -0.15) is 10.2 Å². The topological polar surface area (TPSA) is 143 Å². The van der Waals surface area contributed by atoms with E-state index in [1.165, 1.54) is 0 Å². The maximum atomic E-state index is 11.0. The van der Waals surface area contributed by atoms with Gasteiger partial charge >= 0.3 is 5.69 Å². The molecule has 0 fully saturated rings. The minimum atomic E-state index is -0.631. The van der Waals surface area contributed by atoms with Gasteiger partial charge in [-0.05, 0) is 18.2 Å². The van der Waals surface area contributed by atoms with Crippen LogP contribution in [0.15, 0.2) is 28.9 Å². The monoisotopic (exact) mass is 349 g/mol. The first-order valence-corrected chi connectivity index (χ1v) is 6.29. The SMILES string of the molecule is N#Cc1cc(Br)ccc1Nc1nc(NN)ncc1[N+](=O)[O-]. The maximum Gasteiger partial charge on any atom is 0.329 e. The minimum absolute atomic E-state index is 0.0127. The number of nitrogens with one attached hydrogen (secondary N) is 2. The van der Waals surface area contributed by atoms with E-state index in [4.69, 9.17) is 11.1 Å². The predicted molar refractivity (Wildman–Crippen MR) is 78.6 cm³/mol. The molecule has 0 aliphatic heterocycles. The van der Waals surface area contributed by atoms with E-state index < -0.39 is 4.92 Å². The summed E-state index contributed by atoms with van der Waals surface area (Å²) in [6, 6.07) is 6.86. The summed E-state index contributed by atoms with van der Waals surface area (Å²) in [5.74, 6) is 5.13. The van der Waals surface area contributed by atoms with E-state index in [1.54, 1.807) is 18.2 Å². The van der Waals surface area contributed by atoms with Crippen LogP contribution >= 0.6 is 15.9 Å². The number of nitrogen functional groups attached to an aromatic ring is 1. The molecule has 0 amide bonds. The van der Waals surface area contributed by atoms with Crippen LogP contribution in [0.1, 0.15) is 5.56 Å². The molecule has 0 bridgehead atoms. The van der Waals surface area contributed by atoms with Crippen LogP contribution in [0.25, 0.3) is 0 Å². The van der Waals surface area contributed by atoms with Gasteiger partial charge in [-0.1, -0.05) is 15.9 Å². The summed E-state index contributed by atoms with van der Waals surface area (Å²) in [5.41, 5.74) is 2.55. The van der Waals surface area contributed by atoms with Crippen LogP contribution in [0, 0.1) is 21.4 Å². The highest BCUT2D eigenvalue weighted by molar-refractivity contribution is 9.10. The predicted octanol–water partition coefficient (Wildman–Crippen LogP) is 2.05. The van der Waals surface area contributed by atoms with Gasteiger partial charge in [0.2, 0.25) is 11.8 Å². The van der Waals surface area contributed by atoms with Crippen molar-refractivity contribution in [3.8, 4) is 6.07 Å². The number of aromatic nitrogens is 2. The van der Waals surface area contributed by atoms with Crippen molar-refractivity contribution >= 4 is 39.1 Å². The largest absolute Gasteiger partial charge is 0.333 e. The fourth-order valence-corrected chi connectivity index (χ4v) is 1.88. The number of hydrogen-bond acceptors (Lipinski definition) is 8. The number of rotatable bonds is 4. The average Bonchev–Trinajstić information content (AvgIpc) is 2.48. The van der Waals surface area contributed by atoms with E-state index in [1.807, 2.05) is 6.07 Å². The summed E-state index contributed by atoms with van der Waals surface area (Å²) < 4.78 is 0.714. The van der Waals surface area contributed by atoms with Gasteiger partial charge in [0.15, 0.2) is 0 Å². The summed E-state index contributed by atoms with van der Waals surface area (Å²) in [7, 11) is 0. The Morgan fingerprint density at radius 1 is 1.48 bits per heavy atom. The van der Waals surface area contributed by atoms with Crippen molar-refractivity contribution < 1.29 is 4.92 Å². The third-order valence-corrected chi connectivity index (χ3v) is 2.94. The van der Waals surface area contributed by atoms with Crippen molar-refractivity contribution in [2.45, 2.75) is 0 Å². The lowest BCUT2D eigenvalue weighted by atomic mass is 10.2. The number of hydrazine groups is 1. The zero-order chi connectivity index (χ0) is 15.4. The van der Waals surface area contributed by atoms with E-state index in [2.05, 4.69) is 36.6 Å².